The van der Waals surface area contributed by atoms with Crippen LogP contribution >= 0.6 is 23.4 Å². The zero-order valence-corrected chi connectivity index (χ0v) is 9.74. The summed E-state index contributed by atoms with van der Waals surface area (Å²) in [6.45, 7) is 0.684. The van der Waals surface area contributed by atoms with Crippen molar-refractivity contribution >= 4 is 34.4 Å². The maximum absolute atomic E-state index is 13.4. The van der Waals surface area contributed by atoms with Crippen LogP contribution < -0.4 is 5.32 Å². The highest BCUT2D eigenvalue weighted by Gasteiger charge is 2.15. The van der Waals surface area contributed by atoms with E-state index in [9.17, 15) is 9.18 Å². The van der Waals surface area contributed by atoms with Crippen molar-refractivity contribution in [2.45, 2.75) is 0 Å². The molecule has 0 saturated carbocycles. The molecule has 1 N–H and O–H groups in total. The number of amidine groups is 1. The molecule has 0 bridgehead atoms. The molecule has 0 aliphatic carbocycles. The van der Waals surface area contributed by atoms with Crippen LogP contribution in [0.2, 0.25) is 5.02 Å². The Morgan fingerprint density at radius 3 is 3.00 bits per heavy atom. The second-order valence-electron chi connectivity index (χ2n) is 3.11. The van der Waals surface area contributed by atoms with Crippen molar-refractivity contribution in [3.05, 3.63) is 34.6 Å². The highest BCUT2D eigenvalue weighted by atomic mass is 35.5. The zero-order chi connectivity index (χ0) is 11.5. The molecular weight excluding hydrogens is 251 g/mol. The molecule has 3 nitrogen and oxygen atoms in total. The van der Waals surface area contributed by atoms with Crippen LogP contribution in [-0.2, 0) is 0 Å². The van der Waals surface area contributed by atoms with Gasteiger partial charge in [-0.05, 0) is 18.2 Å². The van der Waals surface area contributed by atoms with Crippen LogP contribution in [-0.4, -0.2) is 23.4 Å². The first-order valence-corrected chi connectivity index (χ1v) is 5.97. The first kappa shape index (κ1) is 11.4. The summed E-state index contributed by atoms with van der Waals surface area (Å²) >= 11 is 7.04. The molecule has 84 valence electrons. The van der Waals surface area contributed by atoms with Gasteiger partial charge in [0, 0.05) is 10.8 Å². The minimum Gasteiger partial charge on any atom is -0.301 e. The minimum absolute atomic E-state index is 0.0281. The van der Waals surface area contributed by atoms with Crippen molar-refractivity contribution in [1.29, 1.82) is 0 Å². The van der Waals surface area contributed by atoms with Gasteiger partial charge in [0.25, 0.3) is 5.91 Å². The number of rotatable bonds is 1. The topological polar surface area (TPSA) is 41.5 Å². The van der Waals surface area contributed by atoms with E-state index in [1.165, 1.54) is 23.9 Å². The number of carbonyl (C=O) groups is 1. The Bertz CT molecular complexity index is 464. The highest BCUT2D eigenvalue weighted by Crippen LogP contribution is 2.15. The van der Waals surface area contributed by atoms with Crippen molar-refractivity contribution in [3.8, 4) is 0 Å². The molecule has 16 heavy (non-hydrogen) atoms. The fraction of sp³-hybridized carbons (Fsp3) is 0.200. The van der Waals surface area contributed by atoms with Gasteiger partial charge in [-0.25, -0.2) is 4.39 Å². The van der Waals surface area contributed by atoms with Crippen molar-refractivity contribution in [3.63, 3.8) is 0 Å². The van der Waals surface area contributed by atoms with E-state index in [2.05, 4.69) is 10.3 Å². The molecule has 0 spiro atoms. The summed E-state index contributed by atoms with van der Waals surface area (Å²) in [5.74, 6) is -0.283. The van der Waals surface area contributed by atoms with Crippen LogP contribution in [0, 0.1) is 5.82 Å². The van der Waals surface area contributed by atoms with E-state index in [1.54, 1.807) is 0 Å². The van der Waals surface area contributed by atoms with Gasteiger partial charge in [-0.15, -0.1) is 0 Å². The molecule has 0 fully saturated rings. The second-order valence-corrected chi connectivity index (χ2v) is 4.63. The molecule has 1 aliphatic rings. The van der Waals surface area contributed by atoms with Gasteiger partial charge in [-0.2, -0.15) is 0 Å². The van der Waals surface area contributed by atoms with Crippen LogP contribution in [0.1, 0.15) is 10.4 Å². The predicted octanol–water partition coefficient (Wildman–Crippen LogP) is 2.31. The number of hydrogen-bond donors (Lipinski definition) is 1. The fourth-order valence-electron chi connectivity index (χ4n) is 1.25. The lowest BCUT2D eigenvalue weighted by molar-refractivity contribution is 0.0974. The summed E-state index contributed by atoms with van der Waals surface area (Å²) in [6.07, 6.45) is 0. The maximum Gasteiger partial charge on any atom is 0.260 e. The number of thioether (sulfide) groups is 1. The van der Waals surface area contributed by atoms with Crippen LogP contribution in [0.4, 0.5) is 4.39 Å². The fourth-order valence-corrected chi connectivity index (χ4v) is 2.13. The average Bonchev–Trinajstić information content (AvgIpc) is 2.70. The van der Waals surface area contributed by atoms with Crippen molar-refractivity contribution < 1.29 is 9.18 Å². The van der Waals surface area contributed by atoms with Gasteiger partial charge in [-0.1, -0.05) is 23.4 Å². The van der Waals surface area contributed by atoms with Crippen LogP contribution in [0.3, 0.4) is 0 Å². The van der Waals surface area contributed by atoms with E-state index < -0.39 is 11.7 Å². The van der Waals surface area contributed by atoms with Gasteiger partial charge >= 0.3 is 0 Å². The van der Waals surface area contributed by atoms with E-state index in [-0.39, 0.29) is 10.6 Å². The molecule has 1 amide bonds. The third-order valence-electron chi connectivity index (χ3n) is 1.98. The summed E-state index contributed by atoms with van der Waals surface area (Å²) in [7, 11) is 0. The van der Waals surface area contributed by atoms with Gasteiger partial charge in [-0.3, -0.25) is 9.79 Å². The summed E-state index contributed by atoms with van der Waals surface area (Å²) in [5, 5.41) is 3.35. The van der Waals surface area contributed by atoms with E-state index in [0.29, 0.717) is 11.7 Å². The number of benzene rings is 1. The minimum atomic E-state index is -0.631. The smallest absolute Gasteiger partial charge is 0.260 e. The number of carbonyl (C=O) groups excluding carboxylic acids is 1. The third-order valence-corrected chi connectivity index (χ3v) is 3.11. The second kappa shape index (κ2) is 4.84. The number of nitrogens with one attached hydrogen (secondary N) is 1. The molecule has 0 aromatic heterocycles. The molecule has 1 heterocycles. The SMILES string of the molecule is O=C(NC1=NCCS1)c1ccc(Cl)cc1F. The third kappa shape index (κ3) is 2.54. The number of hydrogen-bond acceptors (Lipinski definition) is 3. The molecule has 0 unspecified atom stereocenters. The molecule has 0 saturated heterocycles. The molecule has 0 radical (unpaired) electrons. The van der Waals surface area contributed by atoms with Crippen LogP contribution in [0.15, 0.2) is 23.2 Å². The lowest BCUT2D eigenvalue weighted by Crippen LogP contribution is -2.28. The lowest BCUT2D eigenvalue weighted by atomic mass is 10.2. The van der Waals surface area contributed by atoms with E-state index in [4.69, 9.17) is 11.6 Å². The molecular formula is C10H8ClFN2OS. The van der Waals surface area contributed by atoms with Crippen molar-refractivity contribution in [2.75, 3.05) is 12.3 Å². The summed E-state index contributed by atoms with van der Waals surface area (Å²) in [5.41, 5.74) is -0.0281. The predicted molar refractivity (Wildman–Crippen MR) is 63.6 cm³/mol. The Morgan fingerprint density at radius 1 is 1.56 bits per heavy atom. The van der Waals surface area contributed by atoms with E-state index in [0.717, 1.165) is 11.8 Å². The van der Waals surface area contributed by atoms with Gasteiger partial charge in [0.15, 0.2) is 5.17 Å². The standard InChI is InChI=1S/C10H8ClFN2OS/c11-6-1-2-7(8(12)5-6)9(15)14-10-13-3-4-16-10/h1-2,5H,3-4H2,(H,13,14,15). The molecule has 0 atom stereocenters. The Balaban J connectivity index is 2.14. The first-order valence-electron chi connectivity index (χ1n) is 4.60. The monoisotopic (exact) mass is 258 g/mol. The Labute approximate surface area is 101 Å². The van der Waals surface area contributed by atoms with E-state index >= 15 is 0 Å². The van der Waals surface area contributed by atoms with Gasteiger partial charge in [0.05, 0.1) is 12.1 Å². The van der Waals surface area contributed by atoms with Crippen LogP contribution in [0.25, 0.3) is 0 Å². The first-order chi connectivity index (χ1) is 7.66. The number of aliphatic imine (C=N–C) groups is 1. The maximum atomic E-state index is 13.4. The lowest BCUT2D eigenvalue weighted by Gasteiger charge is -2.04. The zero-order valence-electron chi connectivity index (χ0n) is 8.17. The van der Waals surface area contributed by atoms with E-state index in [1.807, 2.05) is 0 Å². The summed E-state index contributed by atoms with van der Waals surface area (Å²) < 4.78 is 13.4. The Hall–Kier alpha value is -1.07. The normalized spacial score (nSPS) is 14.8. The largest absolute Gasteiger partial charge is 0.301 e. The molecule has 6 heteroatoms. The quantitative estimate of drug-likeness (QED) is 0.840. The molecule has 1 aromatic rings. The average molecular weight is 259 g/mol. The van der Waals surface area contributed by atoms with Crippen LogP contribution in [0.5, 0.6) is 0 Å². The number of amides is 1. The van der Waals surface area contributed by atoms with Gasteiger partial charge in [0.1, 0.15) is 5.82 Å². The number of halogens is 2. The Kier molecular flexibility index (Phi) is 3.46. The number of nitrogens with zero attached hydrogens (tertiary/aromatic N) is 1. The molecule has 2 rings (SSSR count). The highest BCUT2D eigenvalue weighted by molar-refractivity contribution is 8.14. The summed E-state index contributed by atoms with van der Waals surface area (Å²) in [4.78, 5) is 15.7. The van der Waals surface area contributed by atoms with Crippen molar-refractivity contribution in [2.24, 2.45) is 4.99 Å². The Morgan fingerprint density at radius 2 is 2.38 bits per heavy atom. The van der Waals surface area contributed by atoms with Crippen molar-refractivity contribution in [1.82, 2.24) is 5.32 Å². The molecule has 1 aliphatic heterocycles. The van der Waals surface area contributed by atoms with Gasteiger partial charge < -0.3 is 5.32 Å². The van der Waals surface area contributed by atoms with Gasteiger partial charge in [0.2, 0.25) is 0 Å². The molecule has 1 aromatic carbocycles. The summed E-state index contributed by atoms with van der Waals surface area (Å²) in [6, 6.07) is 3.94.